The molecule has 0 aliphatic rings. The molecule has 0 fully saturated rings. The third-order valence-corrected chi connectivity index (χ3v) is 3.66. The number of hydrogen-bond acceptors (Lipinski definition) is 2. The van der Waals surface area contributed by atoms with Crippen LogP contribution in [0.1, 0.15) is 44.9 Å². The molecule has 0 aliphatic carbocycles. The molecule has 0 saturated heterocycles. The van der Waals surface area contributed by atoms with E-state index in [2.05, 4.69) is 26.8 Å². The summed E-state index contributed by atoms with van der Waals surface area (Å²) in [6, 6.07) is 13.3. The van der Waals surface area contributed by atoms with Crippen LogP contribution in [0.2, 0.25) is 5.02 Å². The van der Waals surface area contributed by atoms with E-state index in [1.807, 2.05) is 24.3 Å². The van der Waals surface area contributed by atoms with E-state index in [1.165, 1.54) is 5.56 Å². The second-order valence-electron chi connectivity index (χ2n) is 6.25. The van der Waals surface area contributed by atoms with E-state index < -0.39 is 6.10 Å². The van der Waals surface area contributed by atoms with E-state index in [0.29, 0.717) is 10.8 Å². The molecule has 0 heterocycles. The number of ether oxygens (including phenoxy) is 1. The average molecular weight is 305 g/mol. The van der Waals surface area contributed by atoms with Crippen molar-refractivity contribution in [1.82, 2.24) is 0 Å². The van der Waals surface area contributed by atoms with E-state index in [1.54, 1.807) is 19.1 Å². The summed E-state index contributed by atoms with van der Waals surface area (Å²) < 4.78 is 5.87. The van der Waals surface area contributed by atoms with Crippen molar-refractivity contribution in [2.45, 2.75) is 39.2 Å². The minimum Gasteiger partial charge on any atom is -0.456 e. The van der Waals surface area contributed by atoms with Crippen LogP contribution in [0.4, 0.5) is 0 Å². The maximum absolute atomic E-state index is 9.56. The van der Waals surface area contributed by atoms with Crippen molar-refractivity contribution in [2.24, 2.45) is 0 Å². The quantitative estimate of drug-likeness (QED) is 0.813. The SMILES string of the molecule is C[C@@H](O)c1ccc(Oc2cccc(C(C)(C)C)c2)c(Cl)c1. The molecule has 0 aromatic heterocycles. The number of aliphatic hydroxyl groups excluding tert-OH is 1. The summed E-state index contributed by atoms with van der Waals surface area (Å²) in [4.78, 5) is 0. The summed E-state index contributed by atoms with van der Waals surface area (Å²) in [6.07, 6.45) is -0.541. The van der Waals surface area contributed by atoms with E-state index in [9.17, 15) is 5.11 Å². The summed E-state index contributed by atoms with van der Waals surface area (Å²) in [7, 11) is 0. The Morgan fingerprint density at radius 1 is 1.10 bits per heavy atom. The summed E-state index contributed by atoms with van der Waals surface area (Å²) in [5, 5.41) is 10.1. The van der Waals surface area contributed by atoms with Gasteiger partial charge in [0, 0.05) is 0 Å². The first-order valence-corrected chi connectivity index (χ1v) is 7.41. The lowest BCUT2D eigenvalue weighted by atomic mass is 9.87. The molecule has 2 aromatic rings. The van der Waals surface area contributed by atoms with Gasteiger partial charge in [0.2, 0.25) is 0 Å². The molecular formula is C18H21ClO2. The van der Waals surface area contributed by atoms with Crippen molar-refractivity contribution in [3.05, 3.63) is 58.6 Å². The van der Waals surface area contributed by atoms with Crippen molar-refractivity contribution in [3.8, 4) is 11.5 Å². The molecule has 3 heteroatoms. The minimum atomic E-state index is -0.541. The Bertz CT molecular complexity index is 627. The highest BCUT2D eigenvalue weighted by Crippen LogP contribution is 2.33. The number of benzene rings is 2. The molecule has 0 bridgehead atoms. The molecule has 2 nitrogen and oxygen atoms in total. The zero-order valence-corrected chi connectivity index (χ0v) is 13.6. The van der Waals surface area contributed by atoms with Gasteiger partial charge in [0.1, 0.15) is 11.5 Å². The first kappa shape index (κ1) is 15.9. The van der Waals surface area contributed by atoms with E-state index in [0.717, 1.165) is 11.3 Å². The number of hydrogen-bond donors (Lipinski definition) is 1. The van der Waals surface area contributed by atoms with Gasteiger partial charge < -0.3 is 9.84 Å². The zero-order valence-electron chi connectivity index (χ0n) is 12.9. The van der Waals surface area contributed by atoms with E-state index in [-0.39, 0.29) is 5.41 Å². The largest absolute Gasteiger partial charge is 0.456 e. The standard InChI is InChI=1S/C18H21ClO2/c1-12(20)13-8-9-17(16(19)10-13)21-15-7-5-6-14(11-15)18(2,3)4/h5-12,20H,1-4H3/t12-/m1/s1. The van der Waals surface area contributed by atoms with Crippen LogP contribution in [0.15, 0.2) is 42.5 Å². The van der Waals surface area contributed by atoms with Gasteiger partial charge in [0.25, 0.3) is 0 Å². The summed E-state index contributed by atoms with van der Waals surface area (Å²) >= 11 is 6.22. The topological polar surface area (TPSA) is 29.5 Å². The molecule has 2 rings (SSSR count). The van der Waals surface area contributed by atoms with Crippen molar-refractivity contribution < 1.29 is 9.84 Å². The second-order valence-corrected chi connectivity index (χ2v) is 6.65. The Kier molecular flexibility index (Phi) is 4.60. The highest BCUT2D eigenvalue weighted by molar-refractivity contribution is 6.32. The Morgan fingerprint density at radius 3 is 2.38 bits per heavy atom. The smallest absolute Gasteiger partial charge is 0.146 e. The summed E-state index contributed by atoms with van der Waals surface area (Å²) in [5.74, 6) is 1.35. The third-order valence-electron chi connectivity index (χ3n) is 3.37. The van der Waals surface area contributed by atoms with Gasteiger partial charge in [0.05, 0.1) is 11.1 Å². The molecule has 2 aromatic carbocycles. The normalized spacial score (nSPS) is 13.0. The maximum atomic E-state index is 9.56. The molecule has 0 radical (unpaired) electrons. The van der Waals surface area contributed by atoms with Crippen LogP contribution >= 0.6 is 11.6 Å². The summed E-state index contributed by atoms with van der Waals surface area (Å²) in [6.45, 7) is 8.20. The van der Waals surface area contributed by atoms with Crippen molar-refractivity contribution in [2.75, 3.05) is 0 Å². The first-order valence-electron chi connectivity index (χ1n) is 7.03. The Hall–Kier alpha value is -1.51. The van der Waals surface area contributed by atoms with Crippen molar-refractivity contribution in [1.29, 1.82) is 0 Å². The Morgan fingerprint density at radius 2 is 1.81 bits per heavy atom. The van der Waals surface area contributed by atoms with Gasteiger partial charge >= 0.3 is 0 Å². The maximum Gasteiger partial charge on any atom is 0.146 e. The van der Waals surface area contributed by atoms with E-state index in [4.69, 9.17) is 16.3 Å². The average Bonchev–Trinajstić information content (AvgIpc) is 2.40. The molecule has 1 N–H and O–H groups in total. The number of halogens is 1. The van der Waals surface area contributed by atoms with Crippen LogP contribution < -0.4 is 4.74 Å². The van der Waals surface area contributed by atoms with E-state index >= 15 is 0 Å². The number of rotatable bonds is 3. The van der Waals surface area contributed by atoms with Crippen LogP contribution in [0.25, 0.3) is 0 Å². The highest BCUT2D eigenvalue weighted by Gasteiger charge is 2.14. The van der Waals surface area contributed by atoms with Crippen LogP contribution in [0.3, 0.4) is 0 Å². The molecule has 0 aliphatic heterocycles. The fourth-order valence-corrected chi connectivity index (χ4v) is 2.24. The van der Waals surface area contributed by atoms with Crippen molar-refractivity contribution in [3.63, 3.8) is 0 Å². The molecule has 0 amide bonds. The van der Waals surface area contributed by atoms with Gasteiger partial charge in [-0.2, -0.15) is 0 Å². The van der Waals surface area contributed by atoms with Gasteiger partial charge in [-0.3, -0.25) is 0 Å². The van der Waals surface area contributed by atoms with Crippen molar-refractivity contribution >= 4 is 11.6 Å². The Labute approximate surface area is 131 Å². The summed E-state index contributed by atoms with van der Waals surface area (Å²) in [5.41, 5.74) is 2.05. The lowest BCUT2D eigenvalue weighted by Crippen LogP contribution is -2.10. The van der Waals surface area contributed by atoms with Crippen LogP contribution in [-0.2, 0) is 5.41 Å². The van der Waals surface area contributed by atoms with Gasteiger partial charge in [-0.05, 0) is 47.7 Å². The number of aliphatic hydroxyl groups is 1. The Balaban J connectivity index is 2.26. The molecule has 0 spiro atoms. The second kappa shape index (κ2) is 6.08. The predicted octanol–water partition coefficient (Wildman–Crippen LogP) is 5.48. The predicted molar refractivity (Wildman–Crippen MR) is 87.3 cm³/mol. The third kappa shape index (κ3) is 3.99. The molecule has 21 heavy (non-hydrogen) atoms. The fourth-order valence-electron chi connectivity index (χ4n) is 2.01. The minimum absolute atomic E-state index is 0.0688. The lowest BCUT2D eigenvalue weighted by molar-refractivity contribution is 0.199. The monoisotopic (exact) mass is 304 g/mol. The molecule has 112 valence electrons. The fraction of sp³-hybridized carbons (Fsp3) is 0.333. The van der Waals surface area contributed by atoms with Crippen LogP contribution in [-0.4, -0.2) is 5.11 Å². The van der Waals surface area contributed by atoms with Gasteiger partial charge in [-0.25, -0.2) is 0 Å². The molecule has 0 saturated carbocycles. The molecule has 1 atom stereocenters. The van der Waals surface area contributed by atoms with Crippen LogP contribution in [0.5, 0.6) is 11.5 Å². The highest BCUT2D eigenvalue weighted by atomic mass is 35.5. The van der Waals surface area contributed by atoms with Gasteiger partial charge in [0.15, 0.2) is 0 Å². The van der Waals surface area contributed by atoms with Gasteiger partial charge in [-0.15, -0.1) is 0 Å². The van der Waals surface area contributed by atoms with Crippen LogP contribution in [0, 0.1) is 0 Å². The lowest BCUT2D eigenvalue weighted by Gasteiger charge is -2.20. The molecular weight excluding hydrogens is 284 g/mol. The first-order chi connectivity index (χ1) is 9.77. The molecule has 0 unspecified atom stereocenters. The zero-order chi connectivity index (χ0) is 15.6. The van der Waals surface area contributed by atoms with Gasteiger partial charge in [-0.1, -0.05) is 50.6 Å².